The molecule has 3 rings (SSSR count). The number of terminal acetylenes is 1. The zero-order valence-corrected chi connectivity index (χ0v) is 17.4. The van der Waals surface area contributed by atoms with Crippen molar-refractivity contribution in [1.29, 1.82) is 5.26 Å². The third-order valence-corrected chi connectivity index (χ3v) is 5.24. The maximum absolute atomic E-state index is 12.8. The van der Waals surface area contributed by atoms with E-state index in [2.05, 4.69) is 38.9 Å². The Balaban J connectivity index is 1.67. The van der Waals surface area contributed by atoms with Crippen LogP contribution < -0.4 is 9.64 Å². The summed E-state index contributed by atoms with van der Waals surface area (Å²) in [4.78, 5) is 16.8. The van der Waals surface area contributed by atoms with Gasteiger partial charge >= 0.3 is 0 Å². The van der Waals surface area contributed by atoms with Gasteiger partial charge in [0.15, 0.2) is 0 Å². The molecule has 1 fully saturated rings. The first kappa shape index (κ1) is 20.5. The Bertz CT molecular complexity index is 981. The van der Waals surface area contributed by atoms with E-state index >= 15 is 0 Å². The second-order valence-corrected chi connectivity index (χ2v) is 7.32. The molecule has 0 aliphatic carbocycles. The SMILES string of the molecule is C#CCOc1ccc(/C=C(/C#N)C(=O)N2CCN(c3ccccc3)CC2)cc1Br. The highest BCUT2D eigenvalue weighted by atomic mass is 79.9. The van der Waals surface area contributed by atoms with Gasteiger partial charge in [0.25, 0.3) is 5.91 Å². The number of amides is 1. The van der Waals surface area contributed by atoms with Gasteiger partial charge < -0.3 is 14.5 Å². The van der Waals surface area contributed by atoms with Gasteiger partial charge in [0.05, 0.1) is 4.47 Å². The third kappa shape index (κ3) is 5.19. The summed E-state index contributed by atoms with van der Waals surface area (Å²) in [5, 5.41) is 9.52. The number of carbonyl (C=O) groups is 1. The average molecular weight is 450 g/mol. The van der Waals surface area contributed by atoms with Crippen LogP contribution in [-0.2, 0) is 4.79 Å². The summed E-state index contributed by atoms with van der Waals surface area (Å²) >= 11 is 3.42. The van der Waals surface area contributed by atoms with Gasteiger partial charge in [0.1, 0.15) is 24.0 Å². The number of nitrogens with zero attached hydrogens (tertiary/aromatic N) is 3. The number of nitriles is 1. The second kappa shape index (κ2) is 9.82. The van der Waals surface area contributed by atoms with Crippen molar-refractivity contribution < 1.29 is 9.53 Å². The first-order chi connectivity index (χ1) is 14.1. The van der Waals surface area contributed by atoms with Gasteiger partial charge in [-0.05, 0) is 51.8 Å². The van der Waals surface area contributed by atoms with E-state index in [1.165, 1.54) is 0 Å². The highest BCUT2D eigenvalue weighted by Crippen LogP contribution is 2.27. The molecule has 1 aliphatic heterocycles. The highest BCUT2D eigenvalue weighted by molar-refractivity contribution is 9.10. The molecule has 1 amide bonds. The predicted octanol–water partition coefficient (Wildman–Crippen LogP) is 3.72. The normalized spacial score (nSPS) is 14.1. The van der Waals surface area contributed by atoms with E-state index in [-0.39, 0.29) is 18.1 Å². The molecular weight excluding hydrogens is 430 g/mol. The lowest BCUT2D eigenvalue weighted by Crippen LogP contribution is -2.49. The van der Waals surface area contributed by atoms with Gasteiger partial charge in [-0.2, -0.15) is 5.26 Å². The maximum atomic E-state index is 12.8. The van der Waals surface area contributed by atoms with Crippen molar-refractivity contribution in [1.82, 2.24) is 4.90 Å². The molecule has 2 aromatic carbocycles. The molecule has 1 aliphatic rings. The van der Waals surface area contributed by atoms with E-state index in [4.69, 9.17) is 11.2 Å². The minimum atomic E-state index is -0.246. The minimum absolute atomic E-state index is 0.113. The van der Waals surface area contributed by atoms with E-state index in [0.29, 0.717) is 23.3 Å². The third-order valence-electron chi connectivity index (χ3n) is 4.62. The molecule has 29 heavy (non-hydrogen) atoms. The lowest BCUT2D eigenvalue weighted by atomic mass is 10.1. The Hall–Kier alpha value is -3.22. The van der Waals surface area contributed by atoms with E-state index < -0.39 is 0 Å². The van der Waals surface area contributed by atoms with Crippen molar-refractivity contribution in [2.75, 3.05) is 37.7 Å². The first-order valence-electron chi connectivity index (χ1n) is 9.19. The van der Waals surface area contributed by atoms with E-state index in [1.807, 2.05) is 24.3 Å². The van der Waals surface area contributed by atoms with Gasteiger partial charge in [-0.25, -0.2) is 0 Å². The van der Waals surface area contributed by atoms with E-state index in [9.17, 15) is 10.1 Å². The fourth-order valence-corrected chi connectivity index (χ4v) is 3.64. The van der Waals surface area contributed by atoms with Gasteiger partial charge in [-0.15, -0.1) is 6.42 Å². The zero-order chi connectivity index (χ0) is 20.6. The Labute approximate surface area is 179 Å². The van der Waals surface area contributed by atoms with Crippen LogP contribution in [0.5, 0.6) is 5.75 Å². The number of para-hydroxylation sites is 1. The van der Waals surface area contributed by atoms with Crippen molar-refractivity contribution in [3.63, 3.8) is 0 Å². The molecule has 0 spiro atoms. The van der Waals surface area contributed by atoms with Crippen LogP contribution in [0.1, 0.15) is 5.56 Å². The molecule has 1 heterocycles. The van der Waals surface area contributed by atoms with Crippen molar-refractivity contribution in [3.8, 4) is 24.2 Å². The lowest BCUT2D eigenvalue weighted by molar-refractivity contribution is -0.126. The lowest BCUT2D eigenvalue weighted by Gasteiger charge is -2.36. The van der Waals surface area contributed by atoms with Crippen LogP contribution in [0.4, 0.5) is 5.69 Å². The van der Waals surface area contributed by atoms with Crippen LogP contribution in [-0.4, -0.2) is 43.6 Å². The fourth-order valence-electron chi connectivity index (χ4n) is 3.13. The second-order valence-electron chi connectivity index (χ2n) is 6.47. The molecule has 0 saturated carbocycles. The molecule has 0 unspecified atom stereocenters. The number of carbonyl (C=O) groups excluding carboxylic acids is 1. The van der Waals surface area contributed by atoms with Gasteiger partial charge in [-0.1, -0.05) is 30.2 Å². The van der Waals surface area contributed by atoms with Crippen molar-refractivity contribution in [3.05, 3.63) is 64.1 Å². The summed E-state index contributed by atoms with van der Waals surface area (Å²) in [5.74, 6) is 2.78. The number of anilines is 1. The standard InChI is InChI=1S/C23H20BrN3O2/c1-2-14-29-22-9-8-18(16-21(22)24)15-19(17-25)23(28)27-12-10-26(11-13-27)20-6-4-3-5-7-20/h1,3-9,15-16H,10-14H2/b19-15-. The molecule has 146 valence electrons. The largest absolute Gasteiger partial charge is 0.480 e. The molecular formula is C23H20BrN3O2. The Morgan fingerprint density at radius 3 is 2.52 bits per heavy atom. The predicted molar refractivity (Wildman–Crippen MR) is 117 cm³/mol. The van der Waals surface area contributed by atoms with Crippen molar-refractivity contribution in [2.24, 2.45) is 0 Å². The Morgan fingerprint density at radius 2 is 1.90 bits per heavy atom. The van der Waals surface area contributed by atoms with Gasteiger partial charge in [0.2, 0.25) is 0 Å². The van der Waals surface area contributed by atoms with Gasteiger partial charge in [-0.3, -0.25) is 4.79 Å². The summed E-state index contributed by atoms with van der Waals surface area (Å²) in [6.45, 7) is 2.80. The molecule has 6 heteroatoms. The van der Waals surface area contributed by atoms with Crippen molar-refractivity contribution in [2.45, 2.75) is 0 Å². The number of rotatable bonds is 5. The van der Waals surface area contributed by atoms with Crippen LogP contribution >= 0.6 is 15.9 Å². The topological polar surface area (TPSA) is 56.6 Å². The molecule has 0 bridgehead atoms. The monoisotopic (exact) mass is 449 g/mol. The maximum Gasteiger partial charge on any atom is 0.264 e. The number of hydrogen-bond acceptors (Lipinski definition) is 4. The summed E-state index contributed by atoms with van der Waals surface area (Å²) in [6.07, 6.45) is 6.80. The summed E-state index contributed by atoms with van der Waals surface area (Å²) in [6, 6.07) is 17.5. The Kier molecular flexibility index (Phi) is 6.94. The molecule has 0 N–H and O–H groups in total. The van der Waals surface area contributed by atoms with Crippen LogP contribution in [0.25, 0.3) is 6.08 Å². The molecule has 1 saturated heterocycles. The number of piperazine rings is 1. The number of benzene rings is 2. The van der Waals surface area contributed by atoms with E-state index in [1.54, 1.807) is 29.2 Å². The molecule has 0 radical (unpaired) electrons. The summed E-state index contributed by atoms with van der Waals surface area (Å²) in [7, 11) is 0. The van der Waals surface area contributed by atoms with E-state index in [0.717, 1.165) is 24.3 Å². The zero-order valence-electron chi connectivity index (χ0n) is 15.8. The fraction of sp³-hybridized carbons (Fsp3) is 0.217. The van der Waals surface area contributed by atoms with Crippen molar-refractivity contribution >= 4 is 33.6 Å². The molecule has 0 aromatic heterocycles. The first-order valence-corrected chi connectivity index (χ1v) is 9.98. The summed E-state index contributed by atoms with van der Waals surface area (Å²) < 4.78 is 6.12. The van der Waals surface area contributed by atoms with Crippen LogP contribution in [0.15, 0.2) is 58.6 Å². The molecule has 0 atom stereocenters. The van der Waals surface area contributed by atoms with Gasteiger partial charge in [0, 0.05) is 31.9 Å². The van der Waals surface area contributed by atoms with Crippen LogP contribution in [0, 0.1) is 23.7 Å². The highest BCUT2D eigenvalue weighted by Gasteiger charge is 2.23. The quantitative estimate of drug-likeness (QED) is 0.396. The average Bonchev–Trinajstić information content (AvgIpc) is 2.77. The minimum Gasteiger partial charge on any atom is -0.480 e. The molecule has 2 aromatic rings. The number of halogens is 1. The number of ether oxygens (including phenoxy) is 1. The Morgan fingerprint density at radius 1 is 1.17 bits per heavy atom. The summed E-state index contributed by atoms with van der Waals surface area (Å²) in [5.41, 5.74) is 1.99. The van der Waals surface area contributed by atoms with Crippen LogP contribution in [0.2, 0.25) is 0 Å². The molecule has 5 nitrogen and oxygen atoms in total. The number of hydrogen-bond donors (Lipinski definition) is 0. The smallest absolute Gasteiger partial charge is 0.264 e. The van der Waals surface area contributed by atoms with Crippen LogP contribution in [0.3, 0.4) is 0 Å².